The molecule has 34 heavy (non-hydrogen) atoms. The number of aliphatic carboxylic acids is 1. The van der Waals surface area contributed by atoms with E-state index in [1.165, 1.54) is 65.3 Å². The molecule has 190 valence electrons. The van der Waals surface area contributed by atoms with E-state index in [4.69, 9.17) is 9.47 Å². The van der Waals surface area contributed by atoms with Crippen molar-refractivity contribution in [3.8, 4) is 5.75 Å². The molecule has 0 aromatic heterocycles. The monoisotopic (exact) mass is 471 g/mol. The third-order valence-electron chi connectivity index (χ3n) is 5.79. The van der Waals surface area contributed by atoms with Crippen LogP contribution in [0.5, 0.6) is 5.75 Å². The molecule has 0 spiro atoms. The zero-order chi connectivity index (χ0) is 25.0. The Morgan fingerprint density at radius 3 is 1.79 bits per heavy atom. The highest BCUT2D eigenvalue weighted by molar-refractivity contribution is 5.70. The third-order valence-corrected chi connectivity index (χ3v) is 5.79. The minimum Gasteiger partial charge on any atom is -0.547 e. The maximum absolute atomic E-state index is 10.8. The summed E-state index contributed by atoms with van der Waals surface area (Å²) in [4.78, 5) is 12.6. The normalized spacial score (nSPS) is 11.6. The first-order valence-electron chi connectivity index (χ1n) is 12.9. The van der Waals surface area contributed by atoms with Crippen molar-refractivity contribution in [1.82, 2.24) is 0 Å². The maximum Gasteiger partial charge on any atom is 0.119 e. The van der Waals surface area contributed by atoms with Gasteiger partial charge in [0, 0.05) is 13.5 Å². The van der Waals surface area contributed by atoms with Crippen molar-refractivity contribution < 1.29 is 24.3 Å². The van der Waals surface area contributed by atoms with Gasteiger partial charge in [-0.2, -0.15) is 0 Å². The van der Waals surface area contributed by atoms with Gasteiger partial charge in [-0.25, -0.2) is 0 Å². The first kappa shape index (κ1) is 29.7. The molecule has 0 radical (unpaired) electrons. The van der Waals surface area contributed by atoms with Crippen LogP contribution in [0.3, 0.4) is 0 Å². The van der Waals surface area contributed by atoms with E-state index in [1.807, 2.05) is 59.5 Å². The molecular weight excluding hydrogens is 426 g/mol. The summed E-state index contributed by atoms with van der Waals surface area (Å²) in [6.45, 7) is 11.6. The van der Waals surface area contributed by atoms with Gasteiger partial charge in [-0.1, -0.05) is 82.5 Å². The maximum atomic E-state index is 10.8. The van der Waals surface area contributed by atoms with Crippen molar-refractivity contribution in [3.05, 3.63) is 65.7 Å². The van der Waals surface area contributed by atoms with Crippen molar-refractivity contribution in [2.75, 3.05) is 26.7 Å². The van der Waals surface area contributed by atoms with Crippen molar-refractivity contribution in [2.45, 2.75) is 78.4 Å². The van der Waals surface area contributed by atoms with Gasteiger partial charge in [0.2, 0.25) is 0 Å². The smallest absolute Gasteiger partial charge is 0.119 e. The Balaban J connectivity index is 0.000000385. The Morgan fingerprint density at radius 1 is 0.824 bits per heavy atom. The molecule has 0 saturated carbocycles. The highest BCUT2D eigenvalue weighted by Crippen LogP contribution is 2.15. The number of carboxylic acid groups (broad SMARTS) is 1. The predicted octanol–water partition coefficient (Wildman–Crippen LogP) is 3.84. The predicted molar refractivity (Wildman–Crippen MR) is 137 cm³/mol. The number of rotatable bonds is 16. The van der Waals surface area contributed by atoms with Gasteiger partial charge < -0.3 is 24.3 Å². The van der Waals surface area contributed by atoms with E-state index in [0.717, 1.165) is 16.9 Å². The van der Waals surface area contributed by atoms with Crippen molar-refractivity contribution in [1.29, 1.82) is 0 Å². The Labute approximate surface area is 207 Å². The highest BCUT2D eigenvalue weighted by Gasteiger charge is 2.09. The molecule has 0 bridgehead atoms. The van der Waals surface area contributed by atoms with E-state index in [9.17, 15) is 9.90 Å². The molecule has 0 aliphatic rings. The highest BCUT2D eigenvalue weighted by atomic mass is 16.5. The van der Waals surface area contributed by atoms with Crippen LogP contribution in [0.1, 0.15) is 70.4 Å². The summed E-state index contributed by atoms with van der Waals surface area (Å²) in [6, 6.07) is 17.2. The summed E-state index contributed by atoms with van der Waals surface area (Å²) < 4.78 is 10.5. The second-order valence-corrected chi connectivity index (χ2v) is 8.73. The Bertz CT molecular complexity index is 729. The third kappa shape index (κ3) is 13.4. The van der Waals surface area contributed by atoms with Gasteiger partial charge in [-0.05, 0) is 42.5 Å². The lowest BCUT2D eigenvalue weighted by Gasteiger charge is -2.18. The number of quaternary nitrogens is 1. The zero-order valence-electron chi connectivity index (χ0n) is 21.7. The SMILES string of the molecule is CCCC[NH+](CCCC)CCCC.COC(Cc1ccc(OCc2ccccc2)cc1)C(=O)[O-]. The van der Waals surface area contributed by atoms with Crippen LogP contribution in [-0.4, -0.2) is 38.8 Å². The van der Waals surface area contributed by atoms with Gasteiger partial charge in [-0.3, -0.25) is 0 Å². The van der Waals surface area contributed by atoms with Crippen LogP contribution in [0.25, 0.3) is 0 Å². The van der Waals surface area contributed by atoms with E-state index >= 15 is 0 Å². The number of carboxylic acids is 1. The first-order chi connectivity index (χ1) is 16.5. The summed E-state index contributed by atoms with van der Waals surface area (Å²) in [5, 5.41) is 10.8. The zero-order valence-corrected chi connectivity index (χ0v) is 21.7. The number of methoxy groups -OCH3 is 1. The topological polar surface area (TPSA) is 63.0 Å². The Kier molecular flexibility index (Phi) is 16.6. The van der Waals surface area contributed by atoms with Crippen LogP contribution in [0.2, 0.25) is 0 Å². The van der Waals surface area contributed by atoms with E-state index in [1.54, 1.807) is 0 Å². The minimum atomic E-state index is -1.21. The number of hydrogen-bond donors (Lipinski definition) is 1. The van der Waals surface area contributed by atoms with Crippen LogP contribution >= 0.6 is 0 Å². The van der Waals surface area contributed by atoms with Crippen molar-refractivity contribution in [3.63, 3.8) is 0 Å². The van der Waals surface area contributed by atoms with Gasteiger partial charge >= 0.3 is 0 Å². The van der Waals surface area contributed by atoms with E-state index < -0.39 is 12.1 Å². The van der Waals surface area contributed by atoms with Gasteiger partial charge in [0.25, 0.3) is 0 Å². The lowest BCUT2D eigenvalue weighted by molar-refractivity contribution is -0.900. The second kappa shape index (κ2) is 19.0. The molecule has 5 heteroatoms. The quantitative estimate of drug-likeness (QED) is 0.404. The fraction of sp³-hybridized carbons (Fsp3) is 0.552. The summed E-state index contributed by atoms with van der Waals surface area (Å²) in [5.74, 6) is -0.466. The molecule has 0 fully saturated rings. The van der Waals surface area contributed by atoms with Gasteiger partial charge in [0.1, 0.15) is 18.5 Å². The summed E-state index contributed by atoms with van der Waals surface area (Å²) in [5.41, 5.74) is 1.95. The van der Waals surface area contributed by atoms with Crippen LogP contribution < -0.4 is 14.7 Å². The molecule has 1 atom stereocenters. The molecule has 2 rings (SSSR count). The summed E-state index contributed by atoms with van der Waals surface area (Å²) >= 11 is 0. The van der Waals surface area contributed by atoms with Gasteiger partial charge in [-0.15, -0.1) is 0 Å². The molecule has 0 aliphatic heterocycles. The molecular formula is C29H45NO4. The van der Waals surface area contributed by atoms with Crippen molar-refractivity contribution in [2.24, 2.45) is 0 Å². The van der Waals surface area contributed by atoms with E-state index in [0.29, 0.717) is 6.61 Å². The number of unbranched alkanes of at least 4 members (excludes halogenated alkanes) is 3. The summed E-state index contributed by atoms with van der Waals surface area (Å²) in [6.07, 6.45) is 7.61. The number of nitrogens with one attached hydrogen (secondary N) is 1. The number of benzene rings is 2. The van der Waals surface area contributed by atoms with Crippen LogP contribution in [0, 0.1) is 0 Å². The average molecular weight is 472 g/mol. The Morgan fingerprint density at radius 2 is 1.35 bits per heavy atom. The number of carbonyl (C=O) groups is 1. The summed E-state index contributed by atoms with van der Waals surface area (Å²) in [7, 11) is 1.36. The molecule has 5 nitrogen and oxygen atoms in total. The fourth-order valence-corrected chi connectivity index (χ4v) is 3.59. The number of carbonyl (C=O) groups excluding carboxylic acids is 1. The van der Waals surface area contributed by atoms with Crippen LogP contribution in [-0.2, 0) is 22.6 Å². The lowest BCUT2D eigenvalue weighted by Crippen LogP contribution is -3.12. The number of hydrogen-bond acceptors (Lipinski definition) is 4. The van der Waals surface area contributed by atoms with E-state index in [2.05, 4.69) is 20.8 Å². The largest absolute Gasteiger partial charge is 0.547 e. The fourth-order valence-electron chi connectivity index (χ4n) is 3.59. The standard InChI is InChI=1S/C17H18O4.C12H27N/c1-20-16(17(18)19)11-13-7-9-15(10-8-13)21-12-14-5-3-2-4-6-14;1-4-7-10-13(11-8-5-2)12-9-6-3/h2-10,16H,11-12H2,1H3,(H,18,19);4-12H2,1-3H3. The van der Waals surface area contributed by atoms with Gasteiger partial charge in [0.05, 0.1) is 25.6 Å². The molecule has 0 amide bonds. The average Bonchev–Trinajstić information content (AvgIpc) is 2.87. The second-order valence-electron chi connectivity index (χ2n) is 8.73. The van der Waals surface area contributed by atoms with Crippen LogP contribution in [0.15, 0.2) is 54.6 Å². The van der Waals surface area contributed by atoms with E-state index in [-0.39, 0.29) is 6.42 Å². The molecule has 0 saturated heterocycles. The van der Waals surface area contributed by atoms with Crippen molar-refractivity contribution >= 4 is 5.97 Å². The lowest BCUT2D eigenvalue weighted by atomic mass is 10.1. The minimum absolute atomic E-state index is 0.276. The van der Waals surface area contributed by atoms with Crippen LogP contribution in [0.4, 0.5) is 0 Å². The molecule has 0 aliphatic carbocycles. The molecule has 2 aromatic rings. The molecule has 1 N–H and O–H groups in total. The number of ether oxygens (including phenoxy) is 2. The first-order valence-corrected chi connectivity index (χ1v) is 12.9. The molecule has 0 heterocycles. The Hall–Kier alpha value is -2.37. The van der Waals surface area contributed by atoms with Gasteiger partial charge in [0.15, 0.2) is 0 Å². The molecule has 2 aromatic carbocycles. The molecule has 1 unspecified atom stereocenters.